The molecular weight excluding hydrogens is 252 g/mol. The van der Waals surface area contributed by atoms with Crippen molar-refractivity contribution in [2.75, 3.05) is 13.1 Å². The molecule has 3 heteroatoms. The summed E-state index contributed by atoms with van der Waals surface area (Å²) in [5.41, 5.74) is 6.76. The SMILES string of the molecule is CC(C)CC1(CNCC(N)c2cccs2)CCCC1. The third-order valence-electron chi connectivity index (χ3n) is 4.28. The molecule has 1 aliphatic rings. The Hall–Kier alpha value is -0.380. The van der Waals surface area contributed by atoms with Gasteiger partial charge in [0.25, 0.3) is 0 Å². The molecular formula is C16H28N2S. The molecule has 2 nitrogen and oxygen atoms in total. The van der Waals surface area contributed by atoms with E-state index >= 15 is 0 Å². The second-order valence-electron chi connectivity index (χ2n) is 6.56. The van der Waals surface area contributed by atoms with Crippen molar-refractivity contribution in [3.05, 3.63) is 22.4 Å². The molecule has 0 radical (unpaired) electrons. The van der Waals surface area contributed by atoms with Gasteiger partial charge in [-0.3, -0.25) is 0 Å². The topological polar surface area (TPSA) is 38.0 Å². The van der Waals surface area contributed by atoms with E-state index < -0.39 is 0 Å². The number of thiophene rings is 1. The predicted octanol–water partition coefficient (Wildman–Crippen LogP) is 3.94. The zero-order valence-corrected chi connectivity index (χ0v) is 13.1. The molecule has 1 saturated carbocycles. The van der Waals surface area contributed by atoms with Gasteiger partial charge in [-0.15, -0.1) is 11.3 Å². The minimum atomic E-state index is 0.150. The highest BCUT2D eigenvalue weighted by atomic mass is 32.1. The lowest BCUT2D eigenvalue weighted by atomic mass is 9.78. The number of hydrogen-bond acceptors (Lipinski definition) is 3. The second kappa shape index (κ2) is 6.87. The molecule has 1 aromatic rings. The quantitative estimate of drug-likeness (QED) is 0.794. The average molecular weight is 280 g/mol. The van der Waals surface area contributed by atoms with Crippen LogP contribution in [0, 0.1) is 11.3 Å². The summed E-state index contributed by atoms with van der Waals surface area (Å²) in [6.45, 7) is 6.74. The first kappa shape index (κ1) is 15.0. The standard InChI is InChI=1S/C16H28N2S/c1-13(2)10-16(7-3-4-8-16)12-18-11-14(17)15-6-5-9-19-15/h5-6,9,13-14,18H,3-4,7-8,10-12,17H2,1-2H3. The molecule has 0 saturated heterocycles. The molecule has 1 heterocycles. The zero-order chi connectivity index (χ0) is 13.7. The van der Waals surface area contributed by atoms with Gasteiger partial charge >= 0.3 is 0 Å². The normalized spacial score (nSPS) is 20.0. The van der Waals surface area contributed by atoms with Crippen LogP contribution in [-0.4, -0.2) is 13.1 Å². The second-order valence-corrected chi connectivity index (χ2v) is 7.54. The molecule has 1 aliphatic carbocycles. The van der Waals surface area contributed by atoms with Gasteiger partial charge in [0, 0.05) is 18.0 Å². The number of nitrogens with one attached hydrogen (secondary N) is 1. The number of hydrogen-bond donors (Lipinski definition) is 2. The summed E-state index contributed by atoms with van der Waals surface area (Å²) in [5.74, 6) is 0.797. The van der Waals surface area contributed by atoms with E-state index in [2.05, 4.69) is 36.7 Å². The van der Waals surface area contributed by atoms with E-state index in [-0.39, 0.29) is 6.04 Å². The molecule has 0 amide bonds. The molecule has 1 unspecified atom stereocenters. The predicted molar refractivity (Wildman–Crippen MR) is 84.5 cm³/mol. The summed E-state index contributed by atoms with van der Waals surface area (Å²) in [6.07, 6.45) is 6.96. The summed E-state index contributed by atoms with van der Waals surface area (Å²) >= 11 is 1.76. The van der Waals surface area contributed by atoms with Crippen LogP contribution >= 0.6 is 11.3 Å². The summed E-state index contributed by atoms with van der Waals surface area (Å²) in [5, 5.41) is 5.75. The van der Waals surface area contributed by atoms with Gasteiger partial charge in [-0.2, -0.15) is 0 Å². The minimum absolute atomic E-state index is 0.150. The lowest BCUT2D eigenvalue weighted by Gasteiger charge is -2.31. The van der Waals surface area contributed by atoms with Gasteiger partial charge < -0.3 is 11.1 Å². The van der Waals surface area contributed by atoms with E-state index in [1.165, 1.54) is 37.0 Å². The van der Waals surface area contributed by atoms with E-state index in [1.54, 1.807) is 11.3 Å². The Morgan fingerprint density at radius 1 is 1.37 bits per heavy atom. The molecule has 2 rings (SSSR count). The highest BCUT2D eigenvalue weighted by Gasteiger charge is 2.33. The van der Waals surface area contributed by atoms with E-state index in [1.807, 2.05) is 0 Å². The van der Waals surface area contributed by atoms with Crippen molar-refractivity contribution in [2.24, 2.45) is 17.1 Å². The van der Waals surface area contributed by atoms with E-state index in [0.717, 1.165) is 19.0 Å². The monoisotopic (exact) mass is 280 g/mol. The number of nitrogens with two attached hydrogens (primary N) is 1. The lowest BCUT2D eigenvalue weighted by molar-refractivity contribution is 0.223. The molecule has 1 atom stereocenters. The third-order valence-corrected chi connectivity index (χ3v) is 5.28. The Bertz CT molecular complexity index is 353. The maximum Gasteiger partial charge on any atom is 0.0516 e. The minimum Gasteiger partial charge on any atom is -0.322 e. The first-order chi connectivity index (χ1) is 9.11. The van der Waals surface area contributed by atoms with Crippen molar-refractivity contribution in [1.82, 2.24) is 5.32 Å². The molecule has 0 spiro atoms. The van der Waals surface area contributed by atoms with E-state index in [9.17, 15) is 0 Å². The lowest BCUT2D eigenvalue weighted by Crippen LogP contribution is -2.36. The Morgan fingerprint density at radius 2 is 2.11 bits per heavy atom. The highest BCUT2D eigenvalue weighted by molar-refractivity contribution is 7.10. The van der Waals surface area contributed by atoms with Gasteiger partial charge in [0.1, 0.15) is 0 Å². The molecule has 19 heavy (non-hydrogen) atoms. The van der Waals surface area contributed by atoms with E-state index in [4.69, 9.17) is 5.73 Å². The Morgan fingerprint density at radius 3 is 2.68 bits per heavy atom. The largest absolute Gasteiger partial charge is 0.322 e. The van der Waals surface area contributed by atoms with Gasteiger partial charge in [-0.25, -0.2) is 0 Å². The third kappa shape index (κ3) is 4.30. The molecule has 0 aromatic carbocycles. The molecule has 0 bridgehead atoms. The smallest absolute Gasteiger partial charge is 0.0516 e. The van der Waals surface area contributed by atoms with Gasteiger partial charge in [0.2, 0.25) is 0 Å². The Kier molecular flexibility index (Phi) is 5.43. The van der Waals surface area contributed by atoms with Gasteiger partial charge in [0.15, 0.2) is 0 Å². The van der Waals surface area contributed by atoms with Crippen molar-refractivity contribution >= 4 is 11.3 Å². The van der Waals surface area contributed by atoms with Crippen LogP contribution in [-0.2, 0) is 0 Å². The van der Waals surface area contributed by atoms with Crippen LogP contribution in [0.1, 0.15) is 56.9 Å². The zero-order valence-electron chi connectivity index (χ0n) is 12.3. The van der Waals surface area contributed by atoms with Crippen LogP contribution in [0.5, 0.6) is 0 Å². The van der Waals surface area contributed by atoms with Crippen molar-refractivity contribution in [1.29, 1.82) is 0 Å². The van der Waals surface area contributed by atoms with Crippen molar-refractivity contribution in [2.45, 2.75) is 52.0 Å². The van der Waals surface area contributed by atoms with Crippen LogP contribution in [0.4, 0.5) is 0 Å². The fraction of sp³-hybridized carbons (Fsp3) is 0.750. The summed E-state index contributed by atoms with van der Waals surface area (Å²) in [7, 11) is 0. The van der Waals surface area contributed by atoms with Crippen molar-refractivity contribution < 1.29 is 0 Å². The Balaban J connectivity index is 1.79. The molecule has 3 N–H and O–H groups in total. The van der Waals surface area contributed by atoms with Crippen LogP contribution in [0.15, 0.2) is 17.5 Å². The van der Waals surface area contributed by atoms with Crippen LogP contribution in [0.2, 0.25) is 0 Å². The maximum atomic E-state index is 6.22. The van der Waals surface area contributed by atoms with Crippen LogP contribution < -0.4 is 11.1 Å². The number of rotatable bonds is 7. The highest BCUT2D eigenvalue weighted by Crippen LogP contribution is 2.42. The summed E-state index contributed by atoms with van der Waals surface area (Å²) in [6, 6.07) is 4.37. The van der Waals surface area contributed by atoms with Gasteiger partial charge in [-0.1, -0.05) is 32.8 Å². The fourth-order valence-corrected chi connectivity index (χ4v) is 4.27. The molecule has 108 valence electrons. The Labute approximate surface area is 121 Å². The van der Waals surface area contributed by atoms with Crippen LogP contribution in [0.3, 0.4) is 0 Å². The summed E-state index contributed by atoms with van der Waals surface area (Å²) < 4.78 is 0. The van der Waals surface area contributed by atoms with Gasteiger partial charge in [0.05, 0.1) is 6.04 Å². The average Bonchev–Trinajstić information content (AvgIpc) is 2.99. The molecule has 1 fully saturated rings. The van der Waals surface area contributed by atoms with Gasteiger partial charge in [-0.05, 0) is 42.0 Å². The first-order valence-electron chi connectivity index (χ1n) is 7.61. The fourth-order valence-electron chi connectivity index (χ4n) is 3.54. The molecule has 1 aromatic heterocycles. The van der Waals surface area contributed by atoms with Crippen LogP contribution in [0.25, 0.3) is 0 Å². The first-order valence-corrected chi connectivity index (χ1v) is 8.49. The maximum absolute atomic E-state index is 6.22. The van der Waals surface area contributed by atoms with E-state index in [0.29, 0.717) is 5.41 Å². The van der Waals surface area contributed by atoms with Crippen molar-refractivity contribution in [3.63, 3.8) is 0 Å². The summed E-state index contributed by atoms with van der Waals surface area (Å²) in [4.78, 5) is 1.29. The molecule has 0 aliphatic heterocycles. The van der Waals surface area contributed by atoms with Crippen molar-refractivity contribution in [3.8, 4) is 0 Å².